The van der Waals surface area contributed by atoms with Gasteiger partial charge in [-0.3, -0.25) is 4.79 Å². The minimum atomic E-state index is -0.266. The molecule has 0 spiro atoms. The molecule has 0 bridgehead atoms. The van der Waals surface area contributed by atoms with Crippen LogP contribution in [0.3, 0.4) is 0 Å². The van der Waals surface area contributed by atoms with Crippen LogP contribution in [0.2, 0.25) is 0 Å². The first-order valence-electron chi connectivity index (χ1n) is 6.80. The molecule has 2 aromatic rings. The second kappa shape index (κ2) is 5.21. The second-order valence-electron chi connectivity index (χ2n) is 6.28. The van der Waals surface area contributed by atoms with Gasteiger partial charge in [-0.15, -0.1) is 11.3 Å². The molecule has 0 saturated carbocycles. The number of hydrogen-bond donors (Lipinski definition) is 1. The van der Waals surface area contributed by atoms with E-state index in [9.17, 15) is 4.79 Å². The minimum Gasteiger partial charge on any atom is -0.370 e. The molecule has 7 heteroatoms. The van der Waals surface area contributed by atoms with Gasteiger partial charge in [0.05, 0.1) is 5.39 Å². The fourth-order valence-corrected chi connectivity index (χ4v) is 4.65. The monoisotopic (exact) mass is 368 g/mol. The van der Waals surface area contributed by atoms with E-state index in [0.717, 1.165) is 33.5 Å². The van der Waals surface area contributed by atoms with E-state index >= 15 is 0 Å². The average molecular weight is 369 g/mol. The van der Waals surface area contributed by atoms with Crippen LogP contribution in [0.4, 0.5) is 5.82 Å². The summed E-state index contributed by atoms with van der Waals surface area (Å²) >= 11 is 5.16. The van der Waals surface area contributed by atoms with E-state index in [0.29, 0.717) is 6.42 Å². The zero-order valence-electron chi connectivity index (χ0n) is 12.0. The summed E-state index contributed by atoms with van der Waals surface area (Å²) in [5, 5.41) is 3.04. The predicted octanol–water partition coefficient (Wildman–Crippen LogP) is 2.93. The van der Waals surface area contributed by atoms with Gasteiger partial charge in [-0.1, -0.05) is 13.8 Å². The van der Waals surface area contributed by atoms with Gasteiger partial charge in [0.25, 0.3) is 0 Å². The van der Waals surface area contributed by atoms with Crippen molar-refractivity contribution in [2.24, 2.45) is 11.1 Å². The Morgan fingerprint density at radius 1 is 1.57 bits per heavy atom. The number of primary amides is 1. The van der Waals surface area contributed by atoms with Gasteiger partial charge in [0.15, 0.2) is 0 Å². The number of aromatic nitrogens is 2. The van der Waals surface area contributed by atoms with Crippen LogP contribution < -0.4 is 10.6 Å². The lowest BCUT2D eigenvalue weighted by Gasteiger charge is -2.25. The molecular formula is C14H17BrN4OS. The van der Waals surface area contributed by atoms with E-state index in [-0.39, 0.29) is 17.4 Å². The molecule has 3 rings (SSSR count). The lowest BCUT2D eigenvalue weighted by Crippen LogP contribution is -2.34. The topological polar surface area (TPSA) is 72.1 Å². The zero-order valence-corrected chi connectivity index (χ0v) is 14.4. The molecule has 0 aromatic carbocycles. The molecular weight excluding hydrogens is 352 g/mol. The third kappa shape index (κ3) is 2.76. The van der Waals surface area contributed by atoms with Gasteiger partial charge in [0, 0.05) is 28.9 Å². The van der Waals surface area contributed by atoms with Crippen molar-refractivity contribution in [3.63, 3.8) is 0 Å². The number of amides is 1. The van der Waals surface area contributed by atoms with Crippen LogP contribution in [0.5, 0.6) is 0 Å². The number of nitrogens with two attached hydrogens (primary N) is 1. The first-order chi connectivity index (χ1) is 9.87. The Labute approximate surface area is 135 Å². The number of anilines is 1. The maximum atomic E-state index is 11.4. The molecule has 1 aliphatic rings. The first-order valence-corrected chi connectivity index (χ1v) is 8.47. The molecule has 1 aliphatic heterocycles. The highest BCUT2D eigenvalue weighted by atomic mass is 79.9. The van der Waals surface area contributed by atoms with E-state index in [1.54, 1.807) is 17.7 Å². The van der Waals surface area contributed by atoms with Gasteiger partial charge in [-0.2, -0.15) is 0 Å². The fraction of sp³-hybridized carbons (Fsp3) is 0.500. The van der Waals surface area contributed by atoms with Crippen molar-refractivity contribution in [3.05, 3.63) is 16.2 Å². The van der Waals surface area contributed by atoms with Gasteiger partial charge < -0.3 is 10.6 Å². The molecule has 3 heterocycles. The second-order valence-corrected chi connectivity index (χ2v) is 7.99. The summed E-state index contributed by atoms with van der Waals surface area (Å²) in [6.45, 7) is 5.28. The summed E-state index contributed by atoms with van der Waals surface area (Å²) in [4.78, 5) is 23.3. The van der Waals surface area contributed by atoms with E-state index in [1.807, 2.05) is 5.38 Å². The molecule has 0 aliphatic carbocycles. The maximum Gasteiger partial charge on any atom is 0.219 e. The van der Waals surface area contributed by atoms with Crippen molar-refractivity contribution >= 4 is 49.2 Å². The zero-order chi connectivity index (χ0) is 15.2. The number of carbonyl (C=O) groups excluding carboxylic acids is 1. The van der Waals surface area contributed by atoms with Crippen LogP contribution in [-0.4, -0.2) is 28.5 Å². The molecule has 0 radical (unpaired) electrons. The summed E-state index contributed by atoms with van der Waals surface area (Å²) in [5.41, 5.74) is 5.56. The lowest BCUT2D eigenvalue weighted by atomic mass is 9.90. The molecule has 1 unspecified atom stereocenters. The molecule has 2 aromatic heterocycles. The highest BCUT2D eigenvalue weighted by Gasteiger charge is 2.39. The largest absolute Gasteiger partial charge is 0.370 e. The summed E-state index contributed by atoms with van der Waals surface area (Å²) in [7, 11) is 0. The Hall–Kier alpha value is -1.21. The van der Waals surface area contributed by atoms with Crippen LogP contribution in [0.25, 0.3) is 10.2 Å². The van der Waals surface area contributed by atoms with Crippen LogP contribution in [-0.2, 0) is 4.79 Å². The van der Waals surface area contributed by atoms with Crippen molar-refractivity contribution in [2.45, 2.75) is 32.7 Å². The van der Waals surface area contributed by atoms with Crippen molar-refractivity contribution in [3.8, 4) is 0 Å². The smallest absolute Gasteiger partial charge is 0.219 e. The lowest BCUT2D eigenvalue weighted by molar-refractivity contribution is -0.118. The van der Waals surface area contributed by atoms with Crippen LogP contribution in [0.15, 0.2) is 16.2 Å². The van der Waals surface area contributed by atoms with Crippen LogP contribution >= 0.6 is 27.3 Å². The molecule has 21 heavy (non-hydrogen) atoms. The standard InChI is InChI=1S/C14H17BrN4OS/c1-14(2)4-8(3-10(16)20)19(6-14)12-11-9(15)5-21-13(11)18-7-17-12/h5,7-8H,3-4,6H2,1-2H3,(H2,16,20). The Morgan fingerprint density at radius 2 is 2.33 bits per heavy atom. The molecule has 1 atom stereocenters. The van der Waals surface area contributed by atoms with Crippen molar-refractivity contribution in [1.82, 2.24) is 9.97 Å². The van der Waals surface area contributed by atoms with Crippen LogP contribution in [0.1, 0.15) is 26.7 Å². The Bertz CT molecular complexity index is 699. The first kappa shape index (κ1) is 14.7. The van der Waals surface area contributed by atoms with E-state index < -0.39 is 0 Å². The SMILES string of the molecule is CC1(C)CC(CC(N)=O)N(c2ncnc3scc(Br)c23)C1. The fourth-order valence-electron chi connectivity index (χ4n) is 3.11. The summed E-state index contributed by atoms with van der Waals surface area (Å²) in [6, 6.07) is 0.0994. The predicted molar refractivity (Wildman–Crippen MR) is 88.5 cm³/mol. The number of hydrogen-bond acceptors (Lipinski definition) is 5. The summed E-state index contributed by atoms with van der Waals surface area (Å²) < 4.78 is 1.00. The van der Waals surface area contributed by atoms with Gasteiger partial charge in [0.1, 0.15) is 17.0 Å². The van der Waals surface area contributed by atoms with E-state index in [1.165, 1.54) is 0 Å². The minimum absolute atomic E-state index is 0.0994. The van der Waals surface area contributed by atoms with Crippen molar-refractivity contribution in [2.75, 3.05) is 11.4 Å². The van der Waals surface area contributed by atoms with E-state index in [4.69, 9.17) is 5.73 Å². The molecule has 112 valence electrons. The Kier molecular flexibility index (Phi) is 3.65. The quantitative estimate of drug-likeness (QED) is 0.903. The third-order valence-electron chi connectivity index (χ3n) is 3.84. The van der Waals surface area contributed by atoms with Crippen molar-refractivity contribution < 1.29 is 4.79 Å². The Morgan fingerprint density at radius 3 is 3.05 bits per heavy atom. The van der Waals surface area contributed by atoms with Gasteiger partial charge in [-0.05, 0) is 27.8 Å². The molecule has 5 nitrogen and oxygen atoms in total. The number of nitrogens with zero attached hydrogens (tertiary/aromatic N) is 3. The average Bonchev–Trinajstić information content (AvgIpc) is 2.90. The molecule has 1 amide bonds. The van der Waals surface area contributed by atoms with Crippen molar-refractivity contribution in [1.29, 1.82) is 0 Å². The Balaban J connectivity index is 2.07. The normalized spacial score (nSPS) is 21.1. The molecule has 1 fully saturated rings. The van der Waals surface area contributed by atoms with Gasteiger partial charge in [0.2, 0.25) is 5.91 Å². The van der Waals surface area contributed by atoms with Crippen LogP contribution in [0, 0.1) is 5.41 Å². The molecule has 2 N–H and O–H groups in total. The highest BCUT2D eigenvalue weighted by molar-refractivity contribution is 9.10. The summed E-state index contributed by atoms with van der Waals surface area (Å²) in [6.07, 6.45) is 2.88. The van der Waals surface area contributed by atoms with Gasteiger partial charge in [-0.25, -0.2) is 9.97 Å². The highest BCUT2D eigenvalue weighted by Crippen LogP contribution is 2.42. The number of rotatable bonds is 3. The number of halogens is 1. The number of thiophene rings is 1. The maximum absolute atomic E-state index is 11.4. The third-order valence-corrected chi connectivity index (χ3v) is 5.66. The van der Waals surface area contributed by atoms with E-state index in [2.05, 4.69) is 44.6 Å². The number of fused-ring (bicyclic) bond motifs is 1. The summed E-state index contributed by atoms with van der Waals surface area (Å²) in [5.74, 6) is 0.627. The molecule has 1 saturated heterocycles. The van der Waals surface area contributed by atoms with Gasteiger partial charge >= 0.3 is 0 Å². The number of carbonyl (C=O) groups is 1.